The summed E-state index contributed by atoms with van der Waals surface area (Å²) in [5.41, 5.74) is 2.05. The summed E-state index contributed by atoms with van der Waals surface area (Å²) in [4.78, 5) is 18.8. The Morgan fingerprint density at radius 1 is 1.32 bits per heavy atom. The van der Waals surface area contributed by atoms with Gasteiger partial charge in [-0.1, -0.05) is 17.9 Å². The summed E-state index contributed by atoms with van der Waals surface area (Å²) in [5.74, 6) is 6.17. The summed E-state index contributed by atoms with van der Waals surface area (Å²) in [6.45, 7) is 0. The molecule has 0 radical (unpaired) electrons. The van der Waals surface area contributed by atoms with E-state index in [-0.39, 0.29) is 30.4 Å². The van der Waals surface area contributed by atoms with E-state index in [1.54, 1.807) is 32.7 Å². The van der Waals surface area contributed by atoms with E-state index >= 15 is 0 Å². The highest BCUT2D eigenvalue weighted by Crippen LogP contribution is 2.56. The van der Waals surface area contributed by atoms with Crippen molar-refractivity contribution in [2.45, 2.75) is 49.3 Å². The maximum atomic E-state index is 12.3. The van der Waals surface area contributed by atoms with E-state index < -0.39 is 5.60 Å². The number of carbonyl (C=O) groups excluding carboxylic acids is 1. The van der Waals surface area contributed by atoms with E-state index in [2.05, 4.69) is 27.8 Å². The second-order valence-electron chi connectivity index (χ2n) is 7.66. The molecule has 4 heterocycles. The lowest BCUT2D eigenvalue weighted by atomic mass is 9.77. The summed E-state index contributed by atoms with van der Waals surface area (Å²) in [5, 5.41) is 0. The van der Waals surface area contributed by atoms with Gasteiger partial charge in [0.1, 0.15) is 0 Å². The van der Waals surface area contributed by atoms with E-state index in [4.69, 9.17) is 14.2 Å². The van der Waals surface area contributed by atoms with Crippen LogP contribution in [-0.2, 0) is 19.0 Å². The number of aromatic nitrogens is 1. The first kappa shape index (κ1) is 17.6. The lowest BCUT2D eigenvalue weighted by Crippen LogP contribution is -2.48. The Morgan fingerprint density at radius 2 is 2.18 bits per heavy atom. The molecule has 0 aromatic carbocycles. The smallest absolute Gasteiger partial charge is 0.332 e. The molecule has 0 unspecified atom stereocenters. The average molecular weight is 378 g/mol. The fraction of sp³-hybridized carbons (Fsp3) is 0.455. The van der Waals surface area contributed by atoms with Crippen molar-refractivity contribution in [3.63, 3.8) is 0 Å². The number of fused-ring (bicyclic) bond motifs is 3. The van der Waals surface area contributed by atoms with Gasteiger partial charge in [0, 0.05) is 61.9 Å². The maximum absolute atomic E-state index is 12.3. The Kier molecular flexibility index (Phi) is 4.13. The number of pyridine rings is 1. The zero-order valence-electron chi connectivity index (χ0n) is 15.9. The molecule has 1 spiro atoms. The van der Waals surface area contributed by atoms with E-state index in [9.17, 15) is 4.79 Å². The van der Waals surface area contributed by atoms with E-state index in [0.29, 0.717) is 0 Å². The van der Waals surface area contributed by atoms with Crippen molar-refractivity contribution in [1.29, 1.82) is 0 Å². The minimum Gasteiger partial charge on any atom is -0.449 e. The van der Waals surface area contributed by atoms with Gasteiger partial charge in [-0.3, -0.25) is 9.88 Å². The number of esters is 1. The van der Waals surface area contributed by atoms with Gasteiger partial charge in [0.25, 0.3) is 0 Å². The predicted octanol–water partition coefficient (Wildman–Crippen LogP) is 1.82. The molecular formula is C22H22N2O4. The number of hydrogen-bond acceptors (Lipinski definition) is 6. The quantitative estimate of drug-likeness (QED) is 0.454. The van der Waals surface area contributed by atoms with Crippen LogP contribution >= 0.6 is 0 Å². The highest BCUT2D eigenvalue weighted by molar-refractivity contribution is 5.90. The predicted molar refractivity (Wildman–Crippen MR) is 101 cm³/mol. The molecule has 0 amide bonds. The number of ether oxygens (including phenoxy) is 3. The van der Waals surface area contributed by atoms with Crippen molar-refractivity contribution in [3.8, 4) is 11.8 Å². The van der Waals surface area contributed by atoms with Crippen molar-refractivity contribution in [1.82, 2.24) is 9.88 Å². The van der Waals surface area contributed by atoms with Crippen molar-refractivity contribution in [2.24, 2.45) is 0 Å². The molecule has 1 aromatic heterocycles. The van der Waals surface area contributed by atoms with Crippen LogP contribution in [0.5, 0.6) is 0 Å². The molecule has 144 valence electrons. The monoisotopic (exact) mass is 378 g/mol. The molecule has 3 aliphatic heterocycles. The molecule has 2 saturated heterocycles. The summed E-state index contributed by atoms with van der Waals surface area (Å²) >= 11 is 0. The van der Waals surface area contributed by atoms with Gasteiger partial charge in [0.15, 0.2) is 11.9 Å². The normalized spacial score (nSPS) is 33.0. The molecule has 6 heteroatoms. The summed E-state index contributed by atoms with van der Waals surface area (Å²) in [6, 6.07) is 4.19. The Hall–Kier alpha value is -2.46. The fourth-order valence-corrected chi connectivity index (χ4v) is 5.37. The van der Waals surface area contributed by atoms with Crippen LogP contribution in [0.15, 0.2) is 47.8 Å². The molecule has 2 bridgehead atoms. The minimum absolute atomic E-state index is 0.127. The average Bonchev–Trinajstić information content (AvgIpc) is 3.36. The van der Waals surface area contributed by atoms with Crippen molar-refractivity contribution in [2.75, 3.05) is 14.2 Å². The maximum Gasteiger partial charge on any atom is 0.332 e. The molecular weight excluding hydrogens is 356 g/mol. The summed E-state index contributed by atoms with van der Waals surface area (Å²) in [6.07, 6.45) is 9.62. The Morgan fingerprint density at radius 3 is 2.93 bits per heavy atom. The molecule has 4 atom stereocenters. The van der Waals surface area contributed by atoms with Crippen LogP contribution in [0, 0.1) is 11.8 Å². The highest BCUT2D eigenvalue weighted by atomic mass is 16.7. The Balaban J connectivity index is 1.55. The fourth-order valence-electron chi connectivity index (χ4n) is 5.37. The number of nitrogens with zero attached hydrogens (tertiary/aromatic N) is 2. The van der Waals surface area contributed by atoms with Crippen LogP contribution < -0.4 is 0 Å². The largest absolute Gasteiger partial charge is 0.449 e. The zero-order chi connectivity index (χ0) is 19.3. The Labute approximate surface area is 164 Å². The molecule has 28 heavy (non-hydrogen) atoms. The van der Waals surface area contributed by atoms with E-state index in [1.165, 1.54) is 0 Å². The molecule has 6 nitrogen and oxygen atoms in total. The van der Waals surface area contributed by atoms with Crippen LogP contribution in [0.4, 0.5) is 0 Å². The lowest BCUT2D eigenvalue weighted by molar-refractivity contribution is -0.151. The number of hydrogen-bond donors (Lipinski definition) is 0. The molecule has 4 aliphatic rings. The van der Waals surface area contributed by atoms with Gasteiger partial charge in [-0.15, -0.1) is 0 Å². The van der Waals surface area contributed by atoms with Gasteiger partial charge in [0.2, 0.25) is 0 Å². The van der Waals surface area contributed by atoms with E-state index in [1.807, 2.05) is 12.1 Å². The SMILES string of the molecule is COC(OC)[C@H]1CC[C@H]2N1[C@@H]1C=C(C#Cc3cccnc3)C3=CC(=O)O[C@@]32C1. The molecule has 1 aliphatic carbocycles. The van der Waals surface area contributed by atoms with Gasteiger partial charge >= 0.3 is 5.97 Å². The van der Waals surface area contributed by atoms with Gasteiger partial charge in [-0.2, -0.15) is 0 Å². The highest BCUT2D eigenvalue weighted by Gasteiger charge is 2.65. The van der Waals surface area contributed by atoms with Gasteiger partial charge < -0.3 is 14.2 Å². The Bertz CT molecular complexity index is 925. The minimum atomic E-state index is -0.601. The summed E-state index contributed by atoms with van der Waals surface area (Å²) in [7, 11) is 3.34. The standard InChI is InChI=1S/C22H22N2O4/c1-26-21(27-2)18-7-8-19-22-12-16(24(18)19)10-15(17(22)11-20(25)28-22)6-5-14-4-3-9-23-13-14/h3-4,9-11,13,16,18-19,21H,7-8,12H2,1-2H3/t16-,18-,19-,22+/m1/s1. The van der Waals surface area contributed by atoms with Gasteiger partial charge in [-0.25, -0.2) is 4.79 Å². The third kappa shape index (κ3) is 2.47. The van der Waals surface area contributed by atoms with Crippen LogP contribution in [0.2, 0.25) is 0 Å². The lowest BCUT2D eigenvalue weighted by Gasteiger charge is -2.33. The van der Waals surface area contributed by atoms with Gasteiger partial charge in [0.05, 0.1) is 12.1 Å². The first-order chi connectivity index (χ1) is 13.7. The number of methoxy groups -OCH3 is 2. The van der Waals surface area contributed by atoms with Crippen molar-refractivity contribution in [3.05, 3.63) is 53.4 Å². The molecule has 0 N–H and O–H groups in total. The molecule has 1 aromatic rings. The summed E-state index contributed by atoms with van der Waals surface area (Å²) < 4.78 is 17.1. The third-order valence-corrected chi connectivity index (χ3v) is 6.34. The van der Waals surface area contributed by atoms with Gasteiger partial charge in [-0.05, 0) is 25.0 Å². The molecule has 2 fully saturated rings. The van der Waals surface area contributed by atoms with Crippen LogP contribution in [0.3, 0.4) is 0 Å². The van der Waals surface area contributed by atoms with E-state index in [0.717, 1.165) is 36.0 Å². The molecule has 5 rings (SSSR count). The van der Waals surface area contributed by atoms with Crippen LogP contribution in [0.25, 0.3) is 0 Å². The second-order valence-corrected chi connectivity index (χ2v) is 7.66. The van der Waals surface area contributed by atoms with Crippen molar-refractivity contribution >= 4 is 5.97 Å². The number of carbonyl (C=O) groups is 1. The third-order valence-electron chi connectivity index (χ3n) is 6.34. The first-order valence-electron chi connectivity index (χ1n) is 9.58. The topological polar surface area (TPSA) is 60.9 Å². The number of rotatable bonds is 3. The van der Waals surface area contributed by atoms with Crippen molar-refractivity contribution < 1.29 is 19.0 Å². The molecule has 0 saturated carbocycles. The zero-order valence-corrected chi connectivity index (χ0v) is 15.9. The first-order valence-corrected chi connectivity index (χ1v) is 9.58. The second kappa shape index (κ2) is 6.56. The van der Waals surface area contributed by atoms with Crippen LogP contribution in [-0.4, -0.2) is 60.1 Å². The van der Waals surface area contributed by atoms with Crippen LogP contribution in [0.1, 0.15) is 24.8 Å².